The third-order valence-electron chi connectivity index (χ3n) is 4.61. The van der Waals surface area contributed by atoms with E-state index in [2.05, 4.69) is 18.7 Å². The molecule has 2 rings (SSSR count). The van der Waals surface area contributed by atoms with Gasteiger partial charge >= 0.3 is 0 Å². The van der Waals surface area contributed by atoms with Gasteiger partial charge in [0.1, 0.15) is 0 Å². The summed E-state index contributed by atoms with van der Waals surface area (Å²) in [5.41, 5.74) is 7.25. The second-order valence-corrected chi connectivity index (χ2v) is 5.63. The highest BCUT2D eigenvalue weighted by molar-refractivity contribution is 5.64. The lowest BCUT2D eigenvalue weighted by Crippen LogP contribution is -2.51. The van der Waals surface area contributed by atoms with Crippen molar-refractivity contribution < 1.29 is 14.2 Å². The van der Waals surface area contributed by atoms with Crippen LogP contribution in [0.3, 0.4) is 0 Å². The Morgan fingerprint density at radius 1 is 1.05 bits per heavy atom. The number of rotatable bonds is 4. The van der Waals surface area contributed by atoms with Gasteiger partial charge in [0.15, 0.2) is 11.5 Å². The van der Waals surface area contributed by atoms with Crippen molar-refractivity contribution in [2.75, 3.05) is 32.8 Å². The van der Waals surface area contributed by atoms with Gasteiger partial charge in [-0.2, -0.15) is 0 Å². The van der Waals surface area contributed by atoms with Crippen molar-refractivity contribution in [1.82, 2.24) is 0 Å². The fourth-order valence-electron chi connectivity index (χ4n) is 2.99. The summed E-state index contributed by atoms with van der Waals surface area (Å²) in [5.74, 6) is 2.43. The van der Waals surface area contributed by atoms with E-state index >= 15 is 0 Å². The van der Waals surface area contributed by atoms with Crippen molar-refractivity contribution in [2.45, 2.75) is 32.4 Å². The maximum absolute atomic E-state index is 6.17. The summed E-state index contributed by atoms with van der Waals surface area (Å²) in [5, 5.41) is 0. The lowest BCUT2D eigenvalue weighted by molar-refractivity contribution is 0.311. The Labute approximate surface area is 127 Å². The Morgan fingerprint density at radius 2 is 1.62 bits per heavy atom. The van der Waals surface area contributed by atoms with E-state index in [4.69, 9.17) is 19.9 Å². The minimum Gasteiger partial charge on any atom is -0.493 e. The first-order valence-electron chi connectivity index (χ1n) is 7.35. The second-order valence-electron chi connectivity index (χ2n) is 5.63. The van der Waals surface area contributed by atoms with Crippen molar-refractivity contribution in [2.24, 2.45) is 11.7 Å². The van der Waals surface area contributed by atoms with E-state index in [1.54, 1.807) is 21.3 Å². The summed E-state index contributed by atoms with van der Waals surface area (Å²) >= 11 is 0. The van der Waals surface area contributed by atoms with Gasteiger partial charge < -0.3 is 24.8 Å². The van der Waals surface area contributed by atoms with Gasteiger partial charge in [-0.25, -0.2) is 0 Å². The first-order valence-corrected chi connectivity index (χ1v) is 7.35. The molecule has 1 aromatic carbocycles. The van der Waals surface area contributed by atoms with Gasteiger partial charge in [-0.3, -0.25) is 0 Å². The average Bonchev–Trinajstić information content (AvgIpc) is 2.51. The van der Waals surface area contributed by atoms with Gasteiger partial charge in [-0.1, -0.05) is 6.92 Å². The minimum atomic E-state index is 0.262. The molecule has 0 spiro atoms. The molecule has 0 aromatic heterocycles. The predicted molar refractivity (Wildman–Crippen MR) is 84.7 cm³/mol. The Hall–Kier alpha value is -1.62. The molecule has 1 saturated heterocycles. The van der Waals surface area contributed by atoms with E-state index in [9.17, 15) is 0 Å². The fraction of sp³-hybridized carbons (Fsp3) is 0.625. The molecule has 2 N–H and O–H groups in total. The summed E-state index contributed by atoms with van der Waals surface area (Å²) in [6, 6.07) is 4.64. The van der Waals surface area contributed by atoms with Crippen molar-refractivity contribution in [3.63, 3.8) is 0 Å². The van der Waals surface area contributed by atoms with Crippen molar-refractivity contribution in [3.8, 4) is 17.2 Å². The minimum absolute atomic E-state index is 0.262. The molecule has 21 heavy (non-hydrogen) atoms. The highest BCUT2D eigenvalue weighted by Crippen LogP contribution is 2.42. The number of benzene rings is 1. The summed E-state index contributed by atoms with van der Waals surface area (Å²) in [6.45, 7) is 5.36. The van der Waals surface area contributed by atoms with E-state index in [-0.39, 0.29) is 6.04 Å². The molecule has 5 nitrogen and oxygen atoms in total. The van der Waals surface area contributed by atoms with Crippen molar-refractivity contribution >= 4 is 5.69 Å². The summed E-state index contributed by atoms with van der Waals surface area (Å²) in [6.07, 6.45) is 0.988. The Morgan fingerprint density at radius 3 is 2.10 bits per heavy atom. The molecule has 1 aliphatic heterocycles. The first-order chi connectivity index (χ1) is 10.0. The number of hydrogen-bond acceptors (Lipinski definition) is 5. The zero-order valence-corrected chi connectivity index (χ0v) is 13.6. The van der Waals surface area contributed by atoms with Gasteiger partial charge in [0.05, 0.1) is 21.3 Å². The molecule has 1 aromatic rings. The zero-order valence-electron chi connectivity index (χ0n) is 13.6. The molecule has 118 valence electrons. The molecule has 0 bridgehead atoms. The highest BCUT2D eigenvalue weighted by Gasteiger charge is 2.31. The van der Waals surface area contributed by atoms with E-state index in [1.165, 1.54) is 0 Å². The molecule has 0 amide bonds. The lowest BCUT2D eigenvalue weighted by Gasteiger charge is -2.43. The maximum Gasteiger partial charge on any atom is 0.203 e. The molecule has 0 radical (unpaired) electrons. The molecule has 0 aliphatic carbocycles. The number of hydrogen-bond donors (Lipinski definition) is 1. The molecular weight excluding hydrogens is 268 g/mol. The van der Waals surface area contributed by atoms with E-state index < -0.39 is 0 Å². The number of piperidine rings is 1. The van der Waals surface area contributed by atoms with Crippen LogP contribution in [0.5, 0.6) is 17.2 Å². The standard InChI is InChI=1S/C16H26N2O3/c1-10-11(2)18(7-6-13(10)17)12-8-14(19-3)16(21-5)15(9-12)20-4/h8-11,13H,6-7,17H2,1-5H3. The van der Waals surface area contributed by atoms with Gasteiger partial charge in [0, 0.05) is 36.4 Å². The third-order valence-corrected chi connectivity index (χ3v) is 4.61. The van der Waals surface area contributed by atoms with Crippen LogP contribution in [0.25, 0.3) is 0 Å². The topological polar surface area (TPSA) is 57.0 Å². The Bertz CT molecular complexity index is 467. The van der Waals surface area contributed by atoms with Crippen molar-refractivity contribution in [1.29, 1.82) is 0 Å². The van der Waals surface area contributed by atoms with Crippen LogP contribution in [-0.2, 0) is 0 Å². The number of nitrogens with two attached hydrogens (primary N) is 1. The highest BCUT2D eigenvalue weighted by atomic mass is 16.5. The SMILES string of the molecule is COc1cc(N2CCC(N)C(C)C2C)cc(OC)c1OC. The summed E-state index contributed by atoms with van der Waals surface area (Å²) < 4.78 is 16.3. The number of methoxy groups -OCH3 is 3. The van der Waals surface area contributed by atoms with Crippen molar-refractivity contribution in [3.05, 3.63) is 12.1 Å². The second kappa shape index (κ2) is 6.43. The maximum atomic E-state index is 6.17. The molecule has 3 atom stereocenters. The predicted octanol–water partition coefficient (Wildman–Crippen LogP) is 2.27. The Kier molecular flexibility index (Phi) is 4.83. The normalized spacial score (nSPS) is 25.6. The van der Waals surface area contributed by atoms with Crippen LogP contribution in [0.1, 0.15) is 20.3 Å². The molecular formula is C16H26N2O3. The summed E-state index contributed by atoms with van der Waals surface area (Å²) in [4.78, 5) is 2.36. The lowest BCUT2D eigenvalue weighted by atomic mass is 9.87. The number of anilines is 1. The smallest absolute Gasteiger partial charge is 0.203 e. The van der Waals surface area contributed by atoms with Crippen LogP contribution in [0.15, 0.2) is 12.1 Å². The van der Waals surface area contributed by atoms with Gasteiger partial charge in [-0.15, -0.1) is 0 Å². The van der Waals surface area contributed by atoms with E-state index in [0.717, 1.165) is 18.7 Å². The van der Waals surface area contributed by atoms with Crippen LogP contribution in [0, 0.1) is 5.92 Å². The van der Waals surface area contributed by atoms with Gasteiger partial charge in [-0.05, 0) is 19.3 Å². The van der Waals surface area contributed by atoms with Crippen LogP contribution in [-0.4, -0.2) is 40.0 Å². The number of ether oxygens (including phenoxy) is 3. The van der Waals surface area contributed by atoms with Crippen LogP contribution in [0.4, 0.5) is 5.69 Å². The summed E-state index contributed by atoms with van der Waals surface area (Å²) in [7, 11) is 4.89. The molecule has 3 unspecified atom stereocenters. The van der Waals surface area contributed by atoms with Gasteiger partial charge in [0.2, 0.25) is 5.75 Å². The average molecular weight is 294 g/mol. The van der Waals surface area contributed by atoms with Crippen LogP contribution < -0.4 is 24.8 Å². The van der Waals surface area contributed by atoms with Crippen LogP contribution >= 0.6 is 0 Å². The quantitative estimate of drug-likeness (QED) is 0.923. The monoisotopic (exact) mass is 294 g/mol. The molecule has 1 heterocycles. The van der Waals surface area contributed by atoms with E-state index in [1.807, 2.05) is 12.1 Å². The largest absolute Gasteiger partial charge is 0.493 e. The molecule has 1 fully saturated rings. The number of nitrogens with zero attached hydrogens (tertiary/aromatic N) is 1. The van der Waals surface area contributed by atoms with Gasteiger partial charge in [0.25, 0.3) is 0 Å². The zero-order chi connectivity index (χ0) is 15.6. The van der Waals surface area contributed by atoms with E-state index in [0.29, 0.717) is 29.2 Å². The molecule has 1 aliphatic rings. The molecule has 5 heteroatoms. The molecule has 0 saturated carbocycles. The fourth-order valence-corrected chi connectivity index (χ4v) is 2.99. The van der Waals surface area contributed by atoms with Crippen LogP contribution in [0.2, 0.25) is 0 Å². The third kappa shape index (κ3) is 2.88. The first kappa shape index (κ1) is 15.8. The Balaban J connectivity index is 2.40.